The van der Waals surface area contributed by atoms with Crippen molar-refractivity contribution in [1.82, 2.24) is 9.21 Å². The first kappa shape index (κ1) is 15.1. The Hall–Kier alpha value is 0.0500. The summed E-state index contributed by atoms with van der Waals surface area (Å²) in [7, 11) is 2.12. The topological polar surface area (TPSA) is 40.6 Å². The minimum Gasteiger partial charge on any atom is -0.308 e. The van der Waals surface area contributed by atoms with Crippen LogP contribution in [0, 0.1) is 6.92 Å². The molecular weight excluding hydrogens is 324 g/mol. The molecule has 1 rings (SSSR count). The number of sulfonamides is 1. The van der Waals surface area contributed by atoms with Gasteiger partial charge in [-0.2, -0.15) is 4.31 Å². The molecule has 17 heavy (non-hydrogen) atoms. The fourth-order valence-corrected chi connectivity index (χ4v) is 4.77. The average molecular weight is 341 g/mol. The summed E-state index contributed by atoms with van der Waals surface area (Å²) in [5.74, 6) is 0. The molecule has 0 amide bonds. The van der Waals surface area contributed by atoms with Gasteiger partial charge in [0.1, 0.15) is 4.21 Å². The summed E-state index contributed by atoms with van der Waals surface area (Å²) in [6.45, 7) is 3.09. The molecule has 0 bridgehead atoms. The SMILES string of the molecule is Cc1cc(S(=O)(=O)N(C)CCN(C)C)sc1Br. The number of nitrogens with zero attached hydrogens (tertiary/aromatic N) is 2. The van der Waals surface area contributed by atoms with Crippen LogP contribution in [0.1, 0.15) is 5.56 Å². The highest BCUT2D eigenvalue weighted by molar-refractivity contribution is 9.11. The molecule has 1 aromatic heterocycles. The molecule has 0 aliphatic carbocycles. The zero-order chi connectivity index (χ0) is 13.2. The Morgan fingerprint density at radius 1 is 1.29 bits per heavy atom. The maximum atomic E-state index is 12.2. The van der Waals surface area contributed by atoms with Crippen LogP contribution in [0.25, 0.3) is 0 Å². The standard InChI is InChI=1S/C10H17BrN2O2S2/c1-8-7-9(16-10(8)11)17(14,15)13(4)6-5-12(2)3/h7H,5-6H2,1-4H3. The number of likely N-dealkylation sites (N-methyl/N-ethyl adjacent to an activating group) is 2. The summed E-state index contributed by atoms with van der Waals surface area (Å²) in [6, 6.07) is 1.70. The zero-order valence-corrected chi connectivity index (χ0v) is 13.6. The third-order valence-electron chi connectivity index (χ3n) is 2.36. The Morgan fingerprint density at radius 2 is 1.88 bits per heavy atom. The van der Waals surface area contributed by atoms with Gasteiger partial charge in [0, 0.05) is 20.1 Å². The van der Waals surface area contributed by atoms with Crippen LogP contribution >= 0.6 is 27.3 Å². The van der Waals surface area contributed by atoms with Gasteiger partial charge < -0.3 is 4.90 Å². The predicted molar refractivity (Wildman–Crippen MR) is 75.1 cm³/mol. The number of halogens is 1. The van der Waals surface area contributed by atoms with Gasteiger partial charge in [-0.15, -0.1) is 11.3 Å². The monoisotopic (exact) mass is 340 g/mol. The number of thiophene rings is 1. The number of hydrogen-bond donors (Lipinski definition) is 0. The van der Waals surface area contributed by atoms with Gasteiger partial charge in [0.05, 0.1) is 3.79 Å². The molecule has 1 aromatic rings. The lowest BCUT2D eigenvalue weighted by atomic mass is 10.4. The summed E-state index contributed by atoms with van der Waals surface area (Å²) >= 11 is 4.60. The largest absolute Gasteiger partial charge is 0.308 e. The van der Waals surface area contributed by atoms with E-state index in [4.69, 9.17) is 0 Å². The molecule has 0 aliphatic rings. The summed E-state index contributed by atoms with van der Waals surface area (Å²) in [5.41, 5.74) is 0.953. The van der Waals surface area contributed by atoms with Crippen molar-refractivity contribution in [2.45, 2.75) is 11.1 Å². The number of hydrogen-bond acceptors (Lipinski definition) is 4. The fourth-order valence-electron chi connectivity index (χ4n) is 1.17. The second-order valence-electron chi connectivity index (χ2n) is 4.15. The van der Waals surface area contributed by atoms with E-state index in [0.717, 1.165) is 9.35 Å². The molecule has 0 aromatic carbocycles. The van der Waals surface area contributed by atoms with E-state index in [1.807, 2.05) is 25.9 Å². The highest BCUT2D eigenvalue weighted by Crippen LogP contribution is 2.31. The van der Waals surface area contributed by atoms with Crippen molar-refractivity contribution in [3.63, 3.8) is 0 Å². The first-order valence-corrected chi connectivity index (χ1v) is 8.17. The van der Waals surface area contributed by atoms with Gasteiger partial charge in [-0.3, -0.25) is 0 Å². The molecule has 7 heteroatoms. The minimum atomic E-state index is -3.34. The quantitative estimate of drug-likeness (QED) is 0.823. The molecule has 0 fully saturated rings. The van der Waals surface area contributed by atoms with Crippen molar-refractivity contribution in [2.75, 3.05) is 34.2 Å². The molecule has 0 aliphatic heterocycles. The third-order valence-corrected chi connectivity index (χ3v) is 6.80. The first-order valence-electron chi connectivity index (χ1n) is 5.12. The van der Waals surface area contributed by atoms with Gasteiger partial charge in [-0.05, 0) is 48.6 Å². The van der Waals surface area contributed by atoms with E-state index in [-0.39, 0.29) is 0 Å². The second kappa shape index (κ2) is 5.79. The smallest absolute Gasteiger partial charge is 0.252 e. The zero-order valence-electron chi connectivity index (χ0n) is 10.4. The summed E-state index contributed by atoms with van der Waals surface area (Å²) in [4.78, 5) is 1.96. The highest BCUT2D eigenvalue weighted by atomic mass is 79.9. The van der Waals surface area contributed by atoms with E-state index in [1.54, 1.807) is 13.1 Å². The van der Waals surface area contributed by atoms with E-state index in [9.17, 15) is 8.42 Å². The summed E-state index contributed by atoms with van der Waals surface area (Å²) < 4.78 is 27.1. The van der Waals surface area contributed by atoms with Crippen LogP contribution in [0.2, 0.25) is 0 Å². The lowest BCUT2D eigenvalue weighted by Crippen LogP contribution is -2.33. The molecule has 0 N–H and O–H groups in total. The van der Waals surface area contributed by atoms with E-state index < -0.39 is 10.0 Å². The summed E-state index contributed by atoms with van der Waals surface area (Å²) in [6.07, 6.45) is 0. The normalized spacial score (nSPS) is 12.6. The van der Waals surface area contributed by atoms with Crippen molar-refractivity contribution in [3.05, 3.63) is 15.4 Å². The maximum absolute atomic E-state index is 12.2. The van der Waals surface area contributed by atoms with E-state index in [1.165, 1.54) is 15.6 Å². The lowest BCUT2D eigenvalue weighted by molar-refractivity contribution is 0.359. The Morgan fingerprint density at radius 3 is 2.29 bits per heavy atom. The van der Waals surface area contributed by atoms with Crippen molar-refractivity contribution in [2.24, 2.45) is 0 Å². The molecule has 0 saturated carbocycles. The molecule has 0 radical (unpaired) electrons. The average Bonchev–Trinajstić information content (AvgIpc) is 2.56. The molecule has 1 heterocycles. The molecular formula is C10H17BrN2O2S2. The van der Waals surface area contributed by atoms with Gasteiger partial charge in [0.15, 0.2) is 0 Å². The van der Waals surface area contributed by atoms with Crippen LogP contribution < -0.4 is 0 Å². The lowest BCUT2D eigenvalue weighted by Gasteiger charge is -2.18. The molecule has 0 saturated heterocycles. The van der Waals surface area contributed by atoms with Crippen molar-refractivity contribution >= 4 is 37.3 Å². The van der Waals surface area contributed by atoms with Gasteiger partial charge in [-0.1, -0.05) is 0 Å². The summed E-state index contributed by atoms with van der Waals surface area (Å²) in [5, 5.41) is 0. The molecule has 0 unspecified atom stereocenters. The third kappa shape index (κ3) is 3.75. The van der Waals surface area contributed by atoms with Crippen LogP contribution in [-0.2, 0) is 10.0 Å². The molecule has 0 spiro atoms. The van der Waals surface area contributed by atoms with E-state index >= 15 is 0 Å². The van der Waals surface area contributed by atoms with E-state index in [2.05, 4.69) is 15.9 Å². The van der Waals surface area contributed by atoms with Crippen LogP contribution in [0.3, 0.4) is 0 Å². The Kier molecular flexibility index (Phi) is 5.15. The number of aryl methyl sites for hydroxylation is 1. The first-order chi connectivity index (χ1) is 7.75. The van der Waals surface area contributed by atoms with Crippen LogP contribution in [-0.4, -0.2) is 51.9 Å². The van der Waals surface area contributed by atoms with Gasteiger partial charge in [0.2, 0.25) is 0 Å². The minimum absolute atomic E-state index is 0.392. The maximum Gasteiger partial charge on any atom is 0.252 e. The van der Waals surface area contributed by atoms with Crippen molar-refractivity contribution < 1.29 is 8.42 Å². The highest BCUT2D eigenvalue weighted by Gasteiger charge is 2.23. The van der Waals surface area contributed by atoms with Gasteiger partial charge >= 0.3 is 0 Å². The second-order valence-corrected chi connectivity index (χ2v) is 8.79. The molecule has 0 atom stereocenters. The van der Waals surface area contributed by atoms with E-state index in [0.29, 0.717) is 17.3 Å². The van der Waals surface area contributed by atoms with Crippen LogP contribution in [0.5, 0.6) is 0 Å². The Bertz CT molecular complexity index is 463. The van der Waals surface area contributed by atoms with Crippen molar-refractivity contribution in [3.8, 4) is 0 Å². The van der Waals surface area contributed by atoms with Crippen LogP contribution in [0.15, 0.2) is 14.1 Å². The Labute approximate surface area is 115 Å². The molecule has 98 valence electrons. The van der Waals surface area contributed by atoms with Gasteiger partial charge in [-0.25, -0.2) is 8.42 Å². The molecule has 4 nitrogen and oxygen atoms in total. The van der Waals surface area contributed by atoms with Crippen LogP contribution in [0.4, 0.5) is 0 Å². The Balaban J connectivity index is 2.87. The predicted octanol–water partition coefficient (Wildman–Crippen LogP) is 2.00. The number of rotatable bonds is 5. The fraction of sp³-hybridized carbons (Fsp3) is 0.600. The van der Waals surface area contributed by atoms with Crippen molar-refractivity contribution in [1.29, 1.82) is 0 Å². The van der Waals surface area contributed by atoms with Gasteiger partial charge in [0.25, 0.3) is 10.0 Å².